The SMILES string of the molecule is O=c1cc(N2CCOCC2)cc(-c2cccc3c2Oc2ccc(NCc4ncccn4)cc2C3)[nH]1. The molecule has 176 valence electrons. The molecule has 0 unspecified atom stereocenters. The van der Waals surface area contributed by atoms with E-state index in [0.717, 1.165) is 70.6 Å². The number of benzene rings is 2. The normalized spacial score (nSPS) is 14.6. The lowest BCUT2D eigenvalue weighted by Gasteiger charge is -2.29. The van der Waals surface area contributed by atoms with Gasteiger partial charge >= 0.3 is 0 Å². The molecule has 4 aromatic rings. The number of H-pyrrole nitrogens is 1. The van der Waals surface area contributed by atoms with E-state index in [9.17, 15) is 4.79 Å². The van der Waals surface area contributed by atoms with E-state index in [1.54, 1.807) is 24.5 Å². The van der Waals surface area contributed by atoms with Crippen LogP contribution in [0, 0.1) is 0 Å². The summed E-state index contributed by atoms with van der Waals surface area (Å²) >= 11 is 0. The summed E-state index contributed by atoms with van der Waals surface area (Å²) in [5.41, 5.74) is 5.57. The van der Waals surface area contributed by atoms with Gasteiger partial charge in [0, 0.05) is 60.5 Å². The molecule has 8 nitrogen and oxygen atoms in total. The maximum atomic E-state index is 12.5. The number of hydrogen-bond donors (Lipinski definition) is 2. The molecular weight excluding hydrogens is 442 g/mol. The van der Waals surface area contributed by atoms with Gasteiger partial charge in [0.05, 0.1) is 25.5 Å². The average Bonchev–Trinajstić information content (AvgIpc) is 2.91. The van der Waals surface area contributed by atoms with Crippen molar-refractivity contribution in [2.45, 2.75) is 13.0 Å². The highest BCUT2D eigenvalue weighted by atomic mass is 16.5. The highest BCUT2D eigenvalue weighted by molar-refractivity contribution is 5.74. The molecular formula is C27H25N5O3. The van der Waals surface area contributed by atoms with Crippen molar-refractivity contribution in [1.82, 2.24) is 15.0 Å². The van der Waals surface area contributed by atoms with E-state index in [2.05, 4.69) is 37.3 Å². The topological polar surface area (TPSA) is 92.4 Å². The van der Waals surface area contributed by atoms with Gasteiger partial charge in [-0.15, -0.1) is 0 Å². The third kappa shape index (κ3) is 4.48. The van der Waals surface area contributed by atoms with E-state index in [-0.39, 0.29) is 5.56 Å². The van der Waals surface area contributed by atoms with Crippen molar-refractivity contribution in [3.05, 3.63) is 94.3 Å². The van der Waals surface area contributed by atoms with E-state index in [4.69, 9.17) is 9.47 Å². The first kappa shape index (κ1) is 21.4. The smallest absolute Gasteiger partial charge is 0.250 e. The van der Waals surface area contributed by atoms with E-state index in [1.807, 2.05) is 30.3 Å². The van der Waals surface area contributed by atoms with E-state index in [1.165, 1.54) is 0 Å². The van der Waals surface area contributed by atoms with Crippen LogP contribution >= 0.6 is 0 Å². The maximum Gasteiger partial charge on any atom is 0.250 e. The standard InChI is InChI=1S/C27H25N5O3/c33-26-16-21(32-9-11-34-12-10-32)15-23(31-26)22-4-1-3-18-13-19-14-20(5-6-24(19)35-27(18)22)30-17-25-28-7-2-8-29-25/h1-8,14-16,30H,9-13,17H2,(H,31,33). The van der Waals surface area contributed by atoms with Crippen LogP contribution in [0.3, 0.4) is 0 Å². The number of para-hydroxylation sites is 1. The lowest BCUT2D eigenvalue weighted by atomic mass is 9.96. The fourth-order valence-corrected chi connectivity index (χ4v) is 4.58. The van der Waals surface area contributed by atoms with Crippen LogP contribution in [0.25, 0.3) is 11.3 Å². The summed E-state index contributed by atoms with van der Waals surface area (Å²) in [6.07, 6.45) is 4.22. The number of nitrogens with zero attached hydrogens (tertiary/aromatic N) is 3. The van der Waals surface area contributed by atoms with Gasteiger partial charge in [-0.2, -0.15) is 0 Å². The number of morpholine rings is 1. The Morgan fingerprint density at radius 1 is 0.971 bits per heavy atom. The molecule has 8 heteroatoms. The van der Waals surface area contributed by atoms with Gasteiger partial charge in [0.2, 0.25) is 5.56 Å². The molecule has 0 radical (unpaired) electrons. The Balaban J connectivity index is 1.27. The van der Waals surface area contributed by atoms with Crippen molar-refractivity contribution < 1.29 is 9.47 Å². The van der Waals surface area contributed by atoms with Crippen molar-refractivity contribution in [1.29, 1.82) is 0 Å². The van der Waals surface area contributed by atoms with Crippen LogP contribution in [-0.4, -0.2) is 41.3 Å². The molecule has 6 rings (SSSR count). The highest BCUT2D eigenvalue weighted by Gasteiger charge is 2.22. The van der Waals surface area contributed by atoms with Crippen LogP contribution in [0.4, 0.5) is 11.4 Å². The number of rotatable bonds is 5. The van der Waals surface area contributed by atoms with Crippen LogP contribution in [0.5, 0.6) is 11.5 Å². The van der Waals surface area contributed by atoms with Gasteiger partial charge in [0.25, 0.3) is 0 Å². The second kappa shape index (κ2) is 9.23. The van der Waals surface area contributed by atoms with E-state index in [0.29, 0.717) is 19.8 Å². The van der Waals surface area contributed by atoms with Crippen LogP contribution in [0.2, 0.25) is 0 Å². The lowest BCUT2D eigenvalue weighted by molar-refractivity contribution is 0.122. The lowest BCUT2D eigenvalue weighted by Crippen LogP contribution is -2.36. The Bertz CT molecular complexity index is 1410. The minimum atomic E-state index is -0.129. The van der Waals surface area contributed by atoms with Gasteiger partial charge in [-0.3, -0.25) is 4.79 Å². The summed E-state index contributed by atoms with van der Waals surface area (Å²) in [6.45, 7) is 3.42. The zero-order chi connectivity index (χ0) is 23.6. The fourth-order valence-electron chi connectivity index (χ4n) is 4.58. The molecule has 0 saturated carbocycles. The van der Waals surface area contributed by atoms with E-state index >= 15 is 0 Å². The van der Waals surface area contributed by atoms with Crippen LogP contribution in [-0.2, 0) is 17.7 Å². The first-order valence-corrected chi connectivity index (χ1v) is 11.7. The molecule has 0 atom stereocenters. The molecule has 2 aliphatic rings. The van der Waals surface area contributed by atoms with Gasteiger partial charge < -0.3 is 24.7 Å². The molecule has 2 aromatic heterocycles. The Hall–Kier alpha value is -4.17. The molecule has 0 amide bonds. The number of hydrogen-bond acceptors (Lipinski definition) is 7. The fraction of sp³-hybridized carbons (Fsp3) is 0.222. The second-order valence-corrected chi connectivity index (χ2v) is 8.63. The second-order valence-electron chi connectivity index (χ2n) is 8.63. The van der Waals surface area contributed by atoms with Crippen LogP contribution in [0.15, 0.2) is 71.8 Å². The van der Waals surface area contributed by atoms with Gasteiger partial charge in [-0.05, 0) is 42.0 Å². The van der Waals surface area contributed by atoms with E-state index < -0.39 is 0 Å². The Morgan fingerprint density at radius 2 is 1.83 bits per heavy atom. The average molecular weight is 468 g/mol. The Morgan fingerprint density at radius 3 is 2.69 bits per heavy atom. The van der Waals surface area contributed by atoms with Crippen molar-refractivity contribution in [3.8, 4) is 22.8 Å². The molecule has 35 heavy (non-hydrogen) atoms. The molecule has 2 aliphatic heterocycles. The van der Waals surface area contributed by atoms with Gasteiger partial charge in [0.1, 0.15) is 17.3 Å². The van der Waals surface area contributed by atoms with Gasteiger partial charge in [-0.25, -0.2) is 9.97 Å². The van der Waals surface area contributed by atoms with Crippen molar-refractivity contribution in [2.24, 2.45) is 0 Å². The van der Waals surface area contributed by atoms with Crippen molar-refractivity contribution in [3.63, 3.8) is 0 Å². The maximum absolute atomic E-state index is 12.5. The van der Waals surface area contributed by atoms with Crippen molar-refractivity contribution >= 4 is 11.4 Å². The van der Waals surface area contributed by atoms with Gasteiger partial charge in [0.15, 0.2) is 0 Å². The third-order valence-corrected chi connectivity index (χ3v) is 6.32. The minimum Gasteiger partial charge on any atom is -0.456 e. The van der Waals surface area contributed by atoms with Gasteiger partial charge in [-0.1, -0.05) is 12.1 Å². The number of anilines is 2. The molecule has 2 N–H and O–H groups in total. The number of fused-ring (bicyclic) bond motifs is 2. The number of nitrogens with one attached hydrogen (secondary N) is 2. The Kier molecular flexibility index (Phi) is 5.64. The molecule has 0 spiro atoms. The minimum absolute atomic E-state index is 0.129. The molecule has 1 saturated heterocycles. The summed E-state index contributed by atoms with van der Waals surface area (Å²) in [4.78, 5) is 26.2. The quantitative estimate of drug-likeness (QED) is 0.404. The predicted molar refractivity (Wildman–Crippen MR) is 134 cm³/mol. The summed E-state index contributed by atoms with van der Waals surface area (Å²) in [7, 11) is 0. The molecule has 1 fully saturated rings. The summed E-state index contributed by atoms with van der Waals surface area (Å²) in [6, 6.07) is 17.6. The number of aromatic nitrogens is 3. The van der Waals surface area contributed by atoms with Crippen LogP contribution in [0.1, 0.15) is 17.0 Å². The monoisotopic (exact) mass is 467 g/mol. The highest BCUT2D eigenvalue weighted by Crippen LogP contribution is 2.43. The number of aromatic amines is 1. The van der Waals surface area contributed by atoms with Crippen molar-refractivity contribution in [2.75, 3.05) is 36.5 Å². The van der Waals surface area contributed by atoms with Crippen LogP contribution < -0.4 is 20.5 Å². The zero-order valence-corrected chi connectivity index (χ0v) is 19.2. The Labute approximate surface area is 202 Å². The largest absolute Gasteiger partial charge is 0.456 e. The summed E-state index contributed by atoms with van der Waals surface area (Å²) < 4.78 is 11.9. The predicted octanol–water partition coefficient (Wildman–Crippen LogP) is 3.98. The number of pyridine rings is 1. The summed E-state index contributed by atoms with van der Waals surface area (Å²) in [5, 5.41) is 3.38. The first-order valence-electron chi connectivity index (χ1n) is 11.7. The third-order valence-electron chi connectivity index (χ3n) is 6.32. The molecule has 0 aliphatic carbocycles. The first-order chi connectivity index (χ1) is 17.2. The molecule has 0 bridgehead atoms. The molecule has 2 aromatic carbocycles. The number of ether oxygens (including phenoxy) is 2. The summed E-state index contributed by atoms with van der Waals surface area (Å²) in [5.74, 6) is 2.34. The zero-order valence-electron chi connectivity index (χ0n) is 19.2. The molecule has 4 heterocycles.